The zero-order valence-corrected chi connectivity index (χ0v) is 13.0. The van der Waals surface area contributed by atoms with Crippen LogP contribution in [0.1, 0.15) is 20.3 Å². The van der Waals surface area contributed by atoms with Crippen LogP contribution in [-0.4, -0.2) is 38.5 Å². The van der Waals surface area contributed by atoms with Crippen LogP contribution in [0.4, 0.5) is 11.4 Å². The van der Waals surface area contributed by atoms with Crippen molar-refractivity contribution in [3.05, 3.63) is 24.3 Å². The molecule has 0 spiro atoms. The van der Waals surface area contributed by atoms with E-state index in [1.165, 1.54) is 16.7 Å². The number of fused-ring (bicyclic) bond motifs is 1. The number of benzene rings is 1. The zero-order valence-electron chi connectivity index (χ0n) is 13.0. The molecule has 5 heteroatoms. The van der Waals surface area contributed by atoms with Gasteiger partial charge in [-0.2, -0.15) is 0 Å². The average Bonchev–Trinajstić information content (AvgIpc) is 2.82. The summed E-state index contributed by atoms with van der Waals surface area (Å²) in [6.07, 6.45) is 0.711. The highest BCUT2D eigenvalue weighted by molar-refractivity contribution is 6.32. The Bertz CT molecular complexity index is 530. The monoisotopic (exact) mass is 290 g/mol. The van der Waals surface area contributed by atoms with Crippen LogP contribution in [0, 0.1) is 5.92 Å². The van der Waals surface area contributed by atoms with Crippen LogP contribution in [0.3, 0.4) is 0 Å². The molecule has 1 aliphatic rings. The SMILES string of the molecule is CC[C@@H](C)C(=O)C(=O)[NH2+]CCN1CN(C)c2ccccc21. The van der Waals surface area contributed by atoms with Crippen LogP contribution in [0.5, 0.6) is 0 Å². The Morgan fingerprint density at radius 3 is 2.62 bits per heavy atom. The molecular formula is C16H24N3O2+. The first-order valence-corrected chi connectivity index (χ1v) is 7.51. The van der Waals surface area contributed by atoms with Crippen molar-refractivity contribution in [1.29, 1.82) is 0 Å². The number of quaternary nitrogens is 1. The Morgan fingerprint density at radius 2 is 1.95 bits per heavy atom. The number of rotatable bonds is 6. The summed E-state index contributed by atoms with van der Waals surface area (Å²) in [5, 5.41) is 1.54. The number of ketones is 1. The summed E-state index contributed by atoms with van der Waals surface area (Å²) in [4.78, 5) is 28.0. The fourth-order valence-corrected chi connectivity index (χ4v) is 2.53. The fraction of sp³-hybridized carbons (Fsp3) is 0.500. The van der Waals surface area contributed by atoms with E-state index in [9.17, 15) is 9.59 Å². The van der Waals surface area contributed by atoms with Crippen molar-refractivity contribution in [2.24, 2.45) is 5.92 Å². The number of anilines is 2. The van der Waals surface area contributed by atoms with Gasteiger partial charge in [0.2, 0.25) is 0 Å². The first-order valence-electron chi connectivity index (χ1n) is 7.51. The number of carbonyl (C=O) groups is 2. The molecule has 1 aliphatic heterocycles. The van der Waals surface area contributed by atoms with Crippen molar-refractivity contribution in [2.75, 3.05) is 36.6 Å². The quantitative estimate of drug-likeness (QED) is 0.780. The second-order valence-electron chi connectivity index (χ2n) is 5.62. The van der Waals surface area contributed by atoms with Gasteiger partial charge in [-0.1, -0.05) is 26.0 Å². The minimum absolute atomic E-state index is 0.174. The third kappa shape index (κ3) is 3.42. The number of primary amides is 1. The molecule has 1 amide bonds. The van der Waals surface area contributed by atoms with Gasteiger partial charge in [-0.3, -0.25) is 10.1 Å². The maximum Gasteiger partial charge on any atom is 0.378 e. The minimum Gasteiger partial charge on any atom is -0.355 e. The number of hydrogen-bond donors (Lipinski definition) is 1. The predicted octanol–water partition coefficient (Wildman–Crippen LogP) is 0.606. The van der Waals surface area contributed by atoms with Crippen molar-refractivity contribution < 1.29 is 14.9 Å². The molecule has 2 rings (SSSR count). The molecule has 0 saturated heterocycles. The average molecular weight is 290 g/mol. The summed E-state index contributed by atoms with van der Waals surface area (Å²) in [5.74, 6) is -0.783. The van der Waals surface area contributed by atoms with Gasteiger partial charge in [-0.25, -0.2) is 4.79 Å². The Labute approximate surface area is 125 Å². The first kappa shape index (κ1) is 15.5. The topological polar surface area (TPSA) is 57.2 Å². The van der Waals surface area contributed by atoms with Gasteiger partial charge in [0, 0.05) is 13.0 Å². The van der Waals surface area contributed by atoms with Gasteiger partial charge in [0.05, 0.1) is 24.6 Å². The first-order chi connectivity index (χ1) is 10.0. The highest BCUT2D eigenvalue weighted by Gasteiger charge is 2.25. The van der Waals surface area contributed by atoms with E-state index < -0.39 is 0 Å². The largest absolute Gasteiger partial charge is 0.378 e. The summed E-state index contributed by atoms with van der Waals surface area (Å²) in [6, 6.07) is 8.23. The molecule has 1 heterocycles. The van der Waals surface area contributed by atoms with Gasteiger partial charge in [0.15, 0.2) is 0 Å². The molecule has 5 nitrogen and oxygen atoms in total. The maximum absolute atomic E-state index is 11.8. The molecule has 2 N–H and O–H groups in total. The lowest BCUT2D eigenvalue weighted by Gasteiger charge is -2.18. The van der Waals surface area contributed by atoms with Crippen molar-refractivity contribution in [2.45, 2.75) is 20.3 Å². The van der Waals surface area contributed by atoms with Crippen LogP contribution >= 0.6 is 0 Å². The smallest absolute Gasteiger partial charge is 0.355 e. The number of nitrogens with zero attached hydrogens (tertiary/aromatic N) is 2. The molecule has 0 aromatic heterocycles. The molecule has 0 bridgehead atoms. The summed E-state index contributed by atoms with van der Waals surface area (Å²) >= 11 is 0. The minimum atomic E-state index is -0.342. The third-order valence-electron chi connectivity index (χ3n) is 4.05. The van der Waals surface area contributed by atoms with E-state index in [2.05, 4.69) is 29.0 Å². The lowest BCUT2D eigenvalue weighted by Crippen LogP contribution is -2.91. The van der Waals surface area contributed by atoms with Crippen molar-refractivity contribution in [3.63, 3.8) is 0 Å². The van der Waals surface area contributed by atoms with Gasteiger partial charge in [0.1, 0.15) is 6.54 Å². The summed E-state index contributed by atoms with van der Waals surface area (Å²) < 4.78 is 0. The van der Waals surface area contributed by atoms with Gasteiger partial charge in [-0.05, 0) is 18.6 Å². The lowest BCUT2D eigenvalue weighted by atomic mass is 10.0. The highest BCUT2D eigenvalue weighted by atomic mass is 16.2. The van der Waals surface area contributed by atoms with E-state index >= 15 is 0 Å². The van der Waals surface area contributed by atoms with Crippen molar-refractivity contribution in [1.82, 2.24) is 0 Å². The molecule has 21 heavy (non-hydrogen) atoms. The van der Waals surface area contributed by atoms with Gasteiger partial charge >= 0.3 is 5.91 Å². The second kappa shape index (κ2) is 6.72. The molecule has 1 aromatic carbocycles. The number of para-hydroxylation sites is 2. The van der Waals surface area contributed by atoms with Crippen LogP contribution in [-0.2, 0) is 9.59 Å². The number of hydrogen-bond acceptors (Lipinski definition) is 4. The van der Waals surface area contributed by atoms with E-state index in [0.717, 1.165) is 13.2 Å². The molecule has 114 valence electrons. The Kier molecular flexibility index (Phi) is 4.96. The maximum atomic E-state index is 11.8. The van der Waals surface area contributed by atoms with Gasteiger partial charge in [-0.15, -0.1) is 0 Å². The molecule has 1 atom stereocenters. The molecule has 1 aromatic rings. The highest BCUT2D eigenvalue weighted by Crippen LogP contribution is 2.33. The van der Waals surface area contributed by atoms with Gasteiger partial charge < -0.3 is 9.80 Å². The Balaban J connectivity index is 1.85. The normalized spacial score (nSPS) is 15.0. The number of Topliss-reactive ketones (excluding diaryl/α,β-unsaturated/α-hetero) is 1. The van der Waals surface area contributed by atoms with Crippen molar-refractivity contribution >= 4 is 23.1 Å². The summed E-state index contributed by atoms with van der Waals surface area (Å²) in [6.45, 7) is 5.90. The number of nitrogens with two attached hydrogens (primary N) is 1. The molecule has 0 unspecified atom stereocenters. The third-order valence-corrected chi connectivity index (χ3v) is 4.05. The molecule has 0 aliphatic carbocycles. The standard InChI is InChI=1S/C16H23N3O2/c1-4-12(2)15(20)16(21)17-9-10-19-11-18(3)13-7-5-6-8-14(13)19/h5-8,12H,4,9-11H2,1-3H3,(H,17,21)/p+1/t12-/m1/s1. The van der Waals surface area contributed by atoms with E-state index in [0.29, 0.717) is 13.0 Å². The van der Waals surface area contributed by atoms with Crippen LogP contribution in [0.2, 0.25) is 0 Å². The van der Waals surface area contributed by atoms with Crippen LogP contribution in [0.25, 0.3) is 0 Å². The molecule has 0 fully saturated rings. The lowest BCUT2D eigenvalue weighted by molar-refractivity contribution is -0.561. The predicted molar refractivity (Wildman–Crippen MR) is 83.3 cm³/mol. The van der Waals surface area contributed by atoms with E-state index in [1.807, 2.05) is 19.1 Å². The number of carbonyl (C=O) groups excluding carboxylic acids is 2. The zero-order chi connectivity index (χ0) is 15.4. The van der Waals surface area contributed by atoms with E-state index in [4.69, 9.17) is 0 Å². The Hall–Kier alpha value is -1.88. The molecule has 0 radical (unpaired) electrons. The fourth-order valence-electron chi connectivity index (χ4n) is 2.53. The van der Waals surface area contributed by atoms with Gasteiger partial charge in [0.25, 0.3) is 5.78 Å². The number of amides is 1. The molecule has 0 saturated carbocycles. The molecular weight excluding hydrogens is 266 g/mol. The Morgan fingerprint density at radius 1 is 1.29 bits per heavy atom. The van der Waals surface area contributed by atoms with Crippen molar-refractivity contribution in [3.8, 4) is 0 Å². The second-order valence-corrected chi connectivity index (χ2v) is 5.62. The summed E-state index contributed by atoms with van der Waals surface area (Å²) in [7, 11) is 2.06. The van der Waals surface area contributed by atoms with E-state index in [1.54, 1.807) is 6.92 Å². The van der Waals surface area contributed by atoms with Crippen LogP contribution < -0.4 is 15.1 Å². The van der Waals surface area contributed by atoms with Crippen LogP contribution in [0.15, 0.2) is 24.3 Å². The van der Waals surface area contributed by atoms with E-state index in [-0.39, 0.29) is 17.6 Å². The summed E-state index contributed by atoms with van der Waals surface area (Å²) in [5.41, 5.74) is 2.40.